The molecule has 0 bridgehead atoms. The van der Waals surface area contributed by atoms with E-state index in [4.69, 9.17) is 9.47 Å². The highest BCUT2D eigenvalue weighted by Crippen LogP contribution is 2.17. The van der Waals surface area contributed by atoms with E-state index >= 15 is 0 Å². The molecule has 0 N–H and O–H groups in total. The lowest BCUT2D eigenvalue weighted by atomic mass is 10.1. The molecule has 0 aromatic heterocycles. The molecular formula is C14H28N2O2. The van der Waals surface area contributed by atoms with Crippen LogP contribution in [0.4, 0.5) is 0 Å². The number of nitrogens with zero attached hydrogens (tertiary/aromatic N) is 2. The predicted molar refractivity (Wildman–Crippen MR) is 72.7 cm³/mol. The molecule has 2 aliphatic rings. The van der Waals surface area contributed by atoms with Gasteiger partial charge in [0.1, 0.15) is 0 Å². The number of unbranched alkanes of at least 4 members (excludes halogenated alkanes) is 2. The molecule has 2 saturated heterocycles. The number of hydrogen-bond acceptors (Lipinski definition) is 4. The van der Waals surface area contributed by atoms with Gasteiger partial charge in [-0.25, -0.2) is 0 Å². The normalized spacial score (nSPS) is 23.7. The first kappa shape index (κ1) is 14.3. The molecule has 18 heavy (non-hydrogen) atoms. The first-order valence-electron chi connectivity index (χ1n) is 7.55. The fraction of sp³-hybridized carbons (Fsp3) is 1.00. The number of rotatable bonds is 6. The Balaban J connectivity index is 1.87. The van der Waals surface area contributed by atoms with Gasteiger partial charge in [0.15, 0.2) is 0 Å². The zero-order valence-corrected chi connectivity index (χ0v) is 11.8. The molecule has 0 spiro atoms. The molecule has 0 saturated carbocycles. The lowest BCUT2D eigenvalue weighted by Gasteiger charge is -2.43. The molecule has 2 rings (SSSR count). The smallest absolute Gasteiger partial charge is 0.0625 e. The first-order valence-corrected chi connectivity index (χ1v) is 7.55. The topological polar surface area (TPSA) is 24.9 Å². The maximum atomic E-state index is 5.48. The second-order valence-electron chi connectivity index (χ2n) is 5.27. The standard InChI is InChI=1S/C14H28N2O2/c1-2-3-4-5-14(15-6-10-17-11-7-15)16-8-12-18-13-9-16/h14H,2-13H2,1H3. The zero-order chi connectivity index (χ0) is 12.6. The summed E-state index contributed by atoms with van der Waals surface area (Å²) in [5.74, 6) is 0. The monoisotopic (exact) mass is 256 g/mol. The Morgan fingerprint density at radius 3 is 1.78 bits per heavy atom. The quantitative estimate of drug-likeness (QED) is 0.673. The van der Waals surface area contributed by atoms with Crippen molar-refractivity contribution < 1.29 is 9.47 Å². The van der Waals surface area contributed by atoms with E-state index in [9.17, 15) is 0 Å². The van der Waals surface area contributed by atoms with Crippen LogP contribution in [0.25, 0.3) is 0 Å². The molecule has 0 radical (unpaired) electrons. The van der Waals surface area contributed by atoms with Crippen molar-refractivity contribution >= 4 is 0 Å². The van der Waals surface area contributed by atoms with Crippen LogP contribution in [-0.2, 0) is 9.47 Å². The third-order valence-electron chi connectivity index (χ3n) is 4.00. The highest BCUT2D eigenvalue weighted by atomic mass is 16.5. The van der Waals surface area contributed by atoms with E-state index < -0.39 is 0 Å². The van der Waals surface area contributed by atoms with E-state index in [-0.39, 0.29) is 0 Å². The molecule has 0 amide bonds. The van der Waals surface area contributed by atoms with Gasteiger partial charge in [0.05, 0.1) is 32.6 Å². The van der Waals surface area contributed by atoms with Gasteiger partial charge >= 0.3 is 0 Å². The summed E-state index contributed by atoms with van der Waals surface area (Å²) >= 11 is 0. The maximum Gasteiger partial charge on any atom is 0.0625 e. The Morgan fingerprint density at radius 1 is 0.833 bits per heavy atom. The van der Waals surface area contributed by atoms with E-state index in [1.807, 2.05) is 0 Å². The van der Waals surface area contributed by atoms with Gasteiger partial charge < -0.3 is 9.47 Å². The molecule has 4 nitrogen and oxygen atoms in total. The third kappa shape index (κ3) is 4.19. The molecule has 2 aliphatic heterocycles. The van der Waals surface area contributed by atoms with Crippen molar-refractivity contribution in [3.05, 3.63) is 0 Å². The lowest BCUT2D eigenvalue weighted by molar-refractivity contribution is -0.0690. The Hall–Kier alpha value is -0.160. The molecule has 2 heterocycles. The fourth-order valence-electron chi connectivity index (χ4n) is 2.92. The van der Waals surface area contributed by atoms with Crippen LogP contribution in [-0.4, -0.2) is 68.6 Å². The number of ether oxygens (including phenoxy) is 2. The molecule has 0 aliphatic carbocycles. The van der Waals surface area contributed by atoms with Crippen LogP contribution in [0.15, 0.2) is 0 Å². The SMILES string of the molecule is CCCCCC(N1CCOCC1)N1CCOCC1. The Kier molecular flexibility index (Phi) is 6.41. The van der Waals surface area contributed by atoms with Crippen LogP contribution in [0.2, 0.25) is 0 Å². The van der Waals surface area contributed by atoms with Crippen molar-refractivity contribution in [2.75, 3.05) is 52.6 Å². The third-order valence-corrected chi connectivity index (χ3v) is 4.00. The van der Waals surface area contributed by atoms with E-state index in [0.717, 1.165) is 52.6 Å². The zero-order valence-electron chi connectivity index (χ0n) is 11.8. The summed E-state index contributed by atoms with van der Waals surface area (Å²) in [6, 6.07) is 0. The minimum atomic E-state index is 0.615. The second kappa shape index (κ2) is 8.10. The Bertz CT molecular complexity index is 196. The van der Waals surface area contributed by atoms with Crippen LogP contribution in [0.3, 0.4) is 0 Å². The van der Waals surface area contributed by atoms with E-state index in [2.05, 4.69) is 16.7 Å². The lowest BCUT2D eigenvalue weighted by Crippen LogP contribution is -2.55. The molecule has 2 fully saturated rings. The van der Waals surface area contributed by atoms with Gasteiger partial charge in [-0.3, -0.25) is 9.80 Å². The minimum absolute atomic E-state index is 0.615. The van der Waals surface area contributed by atoms with Crippen LogP contribution in [0, 0.1) is 0 Å². The van der Waals surface area contributed by atoms with Gasteiger partial charge in [-0.15, -0.1) is 0 Å². The summed E-state index contributed by atoms with van der Waals surface area (Å²) in [4.78, 5) is 5.23. The number of morpholine rings is 2. The van der Waals surface area contributed by atoms with Crippen molar-refractivity contribution in [2.24, 2.45) is 0 Å². The van der Waals surface area contributed by atoms with Gasteiger partial charge in [0.2, 0.25) is 0 Å². The van der Waals surface area contributed by atoms with Crippen LogP contribution in [0.5, 0.6) is 0 Å². The summed E-state index contributed by atoms with van der Waals surface area (Å²) in [5, 5.41) is 0. The molecule has 106 valence electrons. The molecule has 0 unspecified atom stereocenters. The highest BCUT2D eigenvalue weighted by molar-refractivity contribution is 4.77. The second-order valence-corrected chi connectivity index (χ2v) is 5.27. The molecule has 0 aromatic rings. The van der Waals surface area contributed by atoms with Gasteiger partial charge in [0, 0.05) is 26.2 Å². The van der Waals surface area contributed by atoms with Gasteiger partial charge in [-0.1, -0.05) is 26.2 Å². The average Bonchev–Trinajstić information content (AvgIpc) is 2.46. The van der Waals surface area contributed by atoms with Gasteiger partial charge in [-0.05, 0) is 6.42 Å². The van der Waals surface area contributed by atoms with E-state index in [0.29, 0.717) is 6.17 Å². The summed E-state index contributed by atoms with van der Waals surface area (Å²) in [6.07, 6.45) is 5.91. The summed E-state index contributed by atoms with van der Waals surface area (Å²) in [7, 11) is 0. The van der Waals surface area contributed by atoms with Crippen LogP contribution < -0.4 is 0 Å². The predicted octanol–water partition coefficient (Wildman–Crippen LogP) is 1.56. The average molecular weight is 256 g/mol. The van der Waals surface area contributed by atoms with Crippen molar-refractivity contribution in [1.82, 2.24) is 9.80 Å². The minimum Gasteiger partial charge on any atom is -0.379 e. The summed E-state index contributed by atoms with van der Waals surface area (Å²) < 4.78 is 11.0. The van der Waals surface area contributed by atoms with Crippen molar-refractivity contribution in [2.45, 2.75) is 38.8 Å². The van der Waals surface area contributed by atoms with Crippen molar-refractivity contribution in [1.29, 1.82) is 0 Å². The van der Waals surface area contributed by atoms with Crippen LogP contribution in [0.1, 0.15) is 32.6 Å². The molecule has 4 heteroatoms. The maximum absolute atomic E-state index is 5.48. The van der Waals surface area contributed by atoms with E-state index in [1.54, 1.807) is 0 Å². The number of hydrogen-bond donors (Lipinski definition) is 0. The highest BCUT2D eigenvalue weighted by Gasteiger charge is 2.27. The van der Waals surface area contributed by atoms with E-state index in [1.165, 1.54) is 25.7 Å². The Morgan fingerprint density at radius 2 is 1.33 bits per heavy atom. The summed E-state index contributed by atoms with van der Waals surface area (Å²) in [6.45, 7) is 10.2. The largest absolute Gasteiger partial charge is 0.379 e. The first-order chi connectivity index (χ1) is 8.92. The van der Waals surface area contributed by atoms with Gasteiger partial charge in [0.25, 0.3) is 0 Å². The molecule has 0 aromatic carbocycles. The van der Waals surface area contributed by atoms with Gasteiger partial charge in [-0.2, -0.15) is 0 Å². The summed E-state index contributed by atoms with van der Waals surface area (Å²) in [5.41, 5.74) is 0. The van der Waals surface area contributed by atoms with Crippen molar-refractivity contribution in [3.63, 3.8) is 0 Å². The fourth-order valence-corrected chi connectivity index (χ4v) is 2.92. The van der Waals surface area contributed by atoms with Crippen molar-refractivity contribution in [3.8, 4) is 0 Å². The molecular weight excluding hydrogens is 228 g/mol. The molecule has 0 atom stereocenters. The van der Waals surface area contributed by atoms with Crippen LogP contribution >= 0.6 is 0 Å². The Labute approximate surface area is 111 Å².